The molecule has 8 nitrogen and oxygen atoms in total. The Bertz CT molecular complexity index is 1170. The number of halogens is 2. The number of aromatic nitrogens is 1. The molecule has 0 radical (unpaired) electrons. The standard InChI is InChI=1S/C22H18Cl2N2O6/c1-29-13-9-7-12(16(11-13)30-2)8-10-17(27)25-21-19(22(28)31-3)20(26-32-21)18-14(23)5-4-6-15(18)24/h4-11H,1-3H3,(H,25,27)/b10-8+. The number of nitrogens with zero attached hydrogens (tertiary/aromatic N) is 1. The monoisotopic (exact) mass is 476 g/mol. The van der Waals surface area contributed by atoms with Crippen LogP contribution in [-0.2, 0) is 9.53 Å². The number of carbonyl (C=O) groups is 2. The van der Waals surface area contributed by atoms with E-state index in [-0.39, 0.29) is 32.8 Å². The van der Waals surface area contributed by atoms with Gasteiger partial charge in [0.2, 0.25) is 5.88 Å². The maximum Gasteiger partial charge on any atom is 0.345 e. The molecule has 3 rings (SSSR count). The SMILES string of the molecule is COC(=O)c1c(-c2c(Cl)cccc2Cl)noc1NC(=O)/C=C/c1ccc(OC)cc1OC. The smallest absolute Gasteiger partial charge is 0.345 e. The lowest BCUT2D eigenvalue weighted by Crippen LogP contribution is -2.12. The van der Waals surface area contributed by atoms with Gasteiger partial charge in [0.25, 0.3) is 5.91 Å². The molecule has 1 heterocycles. The molecular formula is C22H18Cl2N2O6. The summed E-state index contributed by atoms with van der Waals surface area (Å²) in [7, 11) is 4.23. The molecule has 0 atom stereocenters. The minimum absolute atomic E-state index is 0.0450. The van der Waals surface area contributed by atoms with E-state index >= 15 is 0 Å². The van der Waals surface area contributed by atoms with Crippen molar-refractivity contribution < 1.29 is 28.3 Å². The molecule has 32 heavy (non-hydrogen) atoms. The van der Waals surface area contributed by atoms with Crippen molar-refractivity contribution in [3.63, 3.8) is 0 Å². The lowest BCUT2D eigenvalue weighted by molar-refractivity contribution is -0.112. The Morgan fingerprint density at radius 3 is 2.41 bits per heavy atom. The molecule has 0 aliphatic rings. The number of amides is 1. The van der Waals surface area contributed by atoms with Crippen LogP contribution >= 0.6 is 23.2 Å². The number of anilines is 1. The second kappa shape index (κ2) is 10.2. The second-order valence-corrected chi connectivity index (χ2v) is 7.07. The number of nitrogens with one attached hydrogen (secondary N) is 1. The fraction of sp³-hybridized carbons (Fsp3) is 0.136. The van der Waals surface area contributed by atoms with E-state index in [2.05, 4.69) is 10.5 Å². The Hall–Kier alpha value is -3.49. The van der Waals surface area contributed by atoms with Gasteiger partial charge in [-0.05, 0) is 30.3 Å². The third kappa shape index (κ3) is 4.87. The topological polar surface area (TPSA) is 99.9 Å². The van der Waals surface area contributed by atoms with E-state index in [1.165, 1.54) is 33.5 Å². The maximum absolute atomic E-state index is 12.5. The van der Waals surface area contributed by atoms with Crippen LogP contribution in [0.4, 0.5) is 5.88 Å². The summed E-state index contributed by atoms with van der Waals surface area (Å²) in [6.45, 7) is 0. The van der Waals surface area contributed by atoms with Crippen molar-refractivity contribution >= 4 is 47.0 Å². The summed E-state index contributed by atoms with van der Waals surface area (Å²) in [5, 5.41) is 6.86. The van der Waals surface area contributed by atoms with E-state index in [0.29, 0.717) is 17.1 Å². The first-order valence-corrected chi connectivity index (χ1v) is 9.88. The Labute approximate surface area is 193 Å². The largest absolute Gasteiger partial charge is 0.497 e. The van der Waals surface area contributed by atoms with Crippen LogP contribution in [-0.4, -0.2) is 38.4 Å². The van der Waals surface area contributed by atoms with Gasteiger partial charge < -0.3 is 18.7 Å². The van der Waals surface area contributed by atoms with E-state index < -0.39 is 11.9 Å². The number of ether oxygens (including phenoxy) is 3. The van der Waals surface area contributed by atoms with Gasteiger partial charge in [0.15, 0.2) is 5.56 Å². The number of hydrogen-bond acceptors (Lipinski definition) is 7. The minimum atomic E-state index is -0.784. The molecule has 1 aromatic heterocycles. The van der Waals surface area contributed by atoms with Crippen molar-refractivity contribution in [3.05, 3.63) is 63.6 Å². The van der Waals surface area contributed by atoms with Crippen LogP contribution in [0.1, 0.15) is 15.9 Å². The predicted molar refractivity (Wildman–Crippen MR) is 121 cm³/mol. The van der Waals surface area contributed by atoms with Crippen molar-refractivity contribution in [1.82, 2.24) is 5.16 Å². The molecular weight excluding hydrogens is 459 g/mol. The zero-order valence-corrected chi connectivity index (χ0v) is 18.8. The average Bonchev–Trinajstić information content (AvgIpc) is 3.19. The highest BCUT2D eigenvalue weighted by Gasteiger charge is 2.28. The first-order chi connectivity index (χ1) is 15.4. The zero-order chi connectivity index (χ0) is 23.3. The minimum Gasteiger partial charge on any atom is -0.497 e. The summed E-state index contributed by atoms with van der Waals surface area (Å²) in [4.78, 5) is 24.9. The first kappa shape index (κ1) is 23.2. The number of benzene rings is 2. The van der Waals surface area contributed by atoms with Crippen molar-refractivity contribution in [3.8, 4) is 22.8 Å². The molecule has 0 bridgehead atoms. The van der Waals surface area contributed by atoms with Gasteiger partial charge in [-0.3, -0.25) is 10.1 Å². The molecule has 0 aliphatic carbocycles. The van der Waals surface area contributed by atoms with Crippen LogP contribution < -0.4 is 14.8 Å². The summed E-state index contributed by atoms with van der Waals surface area (Å²) in [6.07, 6.45) is 2.78. The summed E-state index contributed by atoms with van der Waals surface area (Å²) < 4.78 is 20.5. The second-order valence-electron chi connectivity index (χ2n) is 6.25. The van der Waals surface area contributed by atoms with Crippen LogP contribution in [0.15, 0.2) is 47.0 Å². The first-order valence-electron chi connectivity index (χ1n) is 9.13. The van der Waals surface area contributed by atoms with Crippen molar-refractivity contribution in [2.45, 2.75) is 0 Å². The van der Waals surface area contributed by atoms with Crippen LogP contribution in [0.3, 0.4) is 0 Å². The Morgan fingerprint density at radius 2 is 1.78 bits per heavy atom. The van der Waals surface area contributed by atoms with Crippen LogP contribution in [0.2, 0.25) is 10.0 Å². The lowest BCUT2D eigenvalue weighted by atomic mass is 10.1. The average molecular weight is 477 g/mol. The third-order valence-corrected chi connectivity index (χ3v) is 5.00. The zero-order valence-electron chi connectivity index (χ0n) is 17.3. The van der Waals surface area contributed by atoms with Crippen molar-refractivity contribution in [2.75, 3.05) is 26.6 Å². The van der Waals surface area contributed by atoms with Gasteiger partial charge in [0.1, 0.15) is 17.2 Å². The number of rotatable bonds is 7. The van der Waals surface area contributed by atoms with Gasteiger partial charge in [0, 0.05) is 23.3 Å². The quantitative estimate of drug-likeness (QED) is 0.373. The Balaban J connectivity index is 1.91. The molecule has 166 valence electrons. The highest BCUT2D eigenvalue weighted by Crippen LogP contribution is 2.38. The molecule has 2 aromatic carbocycles. The van der Waals surface area contributed by atoms with E-state index in [1.54, 1.807) is 36.4 Å². The summed E-state index contributed by atoms with van der Waals surface area (Å²) in [5.41, 5.74) is 0.839. The van der Waals surface area contributed by atoms with E-state index in [9.17, 15) is 9.59 Å². The lowest BCUT2D eigenvalue weighted by Gasteiger charge is -2.07. The number of esters is 1. The summed E-state index contributed by atoms with van der Waals surface area (Å²) >= 11 is 12.5. The Morgan fingerprint density at radius 1 is 1.06 bits per heavy atom. The van der Waals surface area contributed by atoms with Crippen molar-refractivity contribution in [1.29, 1.82) is 0 Å². The fourth-order valence-corrected chi connectivity index (χ4v) is 3.41. The van der Waals surface area contributed by atoms with Gasteiger partial charge in [0.05, 0.1) is 31.4 Å². The molecule has 3 aromatic rings. The highest BCUT2D eigenvalue weighted by molar-refractivity contribution is 6.39. The summed E-state index contributed by atoms with van der Waals surface area (Å²) in [6, 6.07) is 9.96. The molecule has 0 aliphatic heterocycles. The highest BCUT2D eigenvalue weighted by atomic mass is 35.5. The predicted octanol–water partition coefficient (Wildman–Crippen LogP) is 5.10. The Kier molecular flexibility index (Phi) is 7.40. The van der Waals surface area contributed by atoms with Crippen LogP contribution in [0, 0.1) is 0 Å². The molecule has 0 saturated carbocycles. The number of hydrogen-bond donors (Lipinski definition) is 1. The normalized spacial score (nSPS) is 10.8. The molecule has 0 fully saturated rings. The van der Waals surface area contributed by atoms with Gasteiger partial charge in [-0.15, -0.1) is 0 Å². The maximum atomic E-state index is 12.5. The molecule has 0 saturated heterocycles. The fourth-order valence-electron chi connectivity index (χ4n) is 2.84. The molecule has 10 heteroatoms. The van der Waals surface area contributed by atoms with E-state index in [1.807, 2.05) is 0 Å². The van der Waals surface area contributed by atoms with Crippen molar-refractivity contribution in [2.24, 2.45) is 0 Å². The number of carbonyl (C=O) groups excluding carboxylic acids is 2. The molecule has 0 spiro atoms. The van der Waals surface area contributed by atoms with Crippen LogP contribution in [0.25, 0.3) is 17.3 Å². The van der Waals surface area contributed by atoms with E-state index in [4.69, 9.17) is 41.9 Å². The van der Waals surface area contributed by atoms with Gasteiger partial charge in [-0.2, -0.15) is 0 Å². The van der Waals surface area contributed by atoms with Gasteiger partial charge >= 0.3 is 5.97 Å². The molecule has 0 unspecified atom stereocenters. The molecule has 1 amide bonds. The third-order valence-electron chi connectivity index (χ3n) is 4.37. The van der Waals surface area contributed by atoms with Gasteiger partial charge in [-0.1, -0.05) is 34.4 Å². The van der Waals surface area contributed by atoms with Gasteiger partial charge in [-0.25, -0.2) is 4.79 Å². The van der Waals surface area contributed by atoms with E-state index in [0.717, 1.165) is 0 Å². The summed E-state index contributed by atoms with van der Waals surface area (Å²) in [5.74, 6) is -0.453. The van der Waals surface area contributed by atoms with Crippen LogP contribution in [0.5, 0.6) is 11.5 Å². The number of methoxy groups -OCH3 is 3. The molecule has 1 N–H and O–H groups in total.